The Morgan fingerprint density at radius 2 is 1.95 bits per heavy atom. The molecule has 2 aromatic rings. The van der Waals surface area contributed by atoms with Gasteiger partial charge in [0, 0.05) is 5.92 Å². The highest BCUT2D eigenvalue weighted by Gasteiger charge is 2.25. The zero-order chi connectivity index (χ0) is 14.1. The molecule has 0 spiro atoms. The highest BCUT2D eigenvalue weighted by molar-refractivity contribution is 5.84. The fraction of sp³-hybridized carbons (Fsp3) is 0.529. The second-order valence-corrected chi connectivity index (χ2v) is 5.95. The topological polar surface area (TPSA) is 34.9 Å². The average molecular weight is 270 g/mol. The second-order valence-electron chi connectivity index (χ2n) is 5.95. The lowest BCUT2D eigenvalue weighted by Crippen LogP contribution is -2.19. The molecule has 1 heterocycles. The first-order valence-corrected chi connectivity index (χ1v) is 7.66. The summed E-state index contributed by atoms with van der Waals surface area (Å²) in [5.74, 6) is 1.83. The number of para-hydroxylation sites is 2. The van der Waals surface area contributed by atoms with Crippen molar-refractivity contribution in [1.29, 1.82) is 0 Å². The average Bonchev–Trinajstić information content (AvgIpc) is 2.86. The smallest absolute Gasteiger partial charge is 0.152 e. The van der Waals surface area contributed by atoms with Gasteiger partial charge in [0.2, 0.25) is 0 Å². The summed E-state index contributed by atoms with van der Waals surface area (Å²) >= 11 is 0. The number of carbonyl (C=O) groups excluding carboxylic acids is 1. The molecule has 1 aromatic heterocycles. The number of carbonyl (C=O) groups is 1. The van der Waals surface area contributed by atoms with Crippen LogP contribution in [0.25, 0.3) is 11.0 Å². The van der Waals surface area contributed by atoms with Gasteiger partial charge < -0.3 is 4.57 Å². The zero-order valence-electron chi connectivity index (χ0n) is 12.3. The third-order valence-electron chi connectivity index (χ3n) is 4.57. The van der Waals surface area contributed by atoms with Crippen LogP contribution in [0.2, 0.25) is 0 Å². The molecule has 3 heteroatoms. The third-order valence-corrected chi connectivity index (χ3v) is 4.57. The van der Waals surface area contributed by atoms with Gasteiger partial charge in [-0.25, -0.2) is 4.98 Å². The lowest BCUT2D eigenvalue weighted by atomic mass is 9.88. The molecule has 0 amide bonds. The molecule has 1 fully saturated rings. The number of rotatable bonds is 3. The van der Waals surface area contributed by atoms with Crippen LogP contribution in [-0.4, -0.2) is 15.3 Å². The van der Waals surface area contributed by atoms with Crippen molar-refractivity contribution < 1.29 is 4.79 Å². The maximum atomic E-state index is 11.9. The third kappa shape index (κ3) is 2.26. The van der Waals surface area contributed by atoms with Crippen molar-refractivity contribution in [2.75, 3.05) is 0 Å². The zero-order valence-corrected chi connectivity index (χ0v) is 12.3. The lowest BCUT2D eigenvalue weighted by molar-refractivity contribution is -0.119. The molecule has 20 heavy (non-hydrogen) atoms. The largest absolute Gasteiger partial charge is 0.317 e. The number of hydrogen-bond donors (Lipinski definition) is 0. The Labute approximate surface area is 120 Å². The van der Waals surface area contributed by atoms with Crippen LogP contribution in [0.4, 0.5) is 0 Å². The molecular weight excluding hydrogens is 248 g/mol. The van der Waals surface area contributed by atoms with Gasteiger partial charge in [-0.3, -0.25) is 4.79 Å². The molecule has 1 aliphatic rings. The summed E-state index contributed by atoms with van der Waals surface area (Å²) in [5.41, 5.74) is 2.11. The molecule has 1 aromatic carbocycles. The lowest BCUT2D eigenvalue weighted by Gasteiger charge is -2.24. The minimum atomic E-state index is -0.126. The predicted octanol–water partition coefficient (Wildman–Crippen LogP) is 4.23. The normalized spacial score (nSPS) is 18.3. The monoisotopic (exact) mass is 270 g/mol. The van der Waals surface area contributed by atoms with Gasteiger partial charge in [0.05, 0.1) is 17.1 Å². The fourth-order valence-corrected chi connectivity index (χ4v) is 3.30. The van der Waals surface area contributed by atoms with Crippen molar-refractivity contribution in [1.82, 2.24) is 9.55 Å². The standard InChI is InChI=1S/C17H22N2O/c1-12(13(2)20)19-16-11-7-6-10-15(16)18-17(19)14-8-4-3-5-9-14/h6-7,10-12,14H,3-5,8-9H2,1-2H3. The Hall–Kier alpha value is -1.64. The summed E-state index contributed by atoms with van der Waals surface area (Å²) in [6, 6.07) is 8.04. The van der Waals surface area contributed by atoms with Gasteiger partial charge in [0.25, 0.3) is 0 Å². The van der Waals surface area contributed by atoms with Gasteiger partial charge in [0.1, 0.15) is 5.82 Å². The first kappa shape index (κ1) is 13.3. The quantitative estimate of drug-likeness (QED) is 0.836. The number of Topliss-reactive ketones (excluding diaryl/α,β-unsaturated/α-hetero) is 1. The molecule has 0 aliphatic heterocycles. The van der Waals surface area contributed by atoms with Crippen LogP contribution in [0.1, 0.15) is 63.7 Å². The number of aromatic nitrogens is 2. The number of imidazole rings is 1. The van der Waals surface area contributed by atoms with Crippen molar-refractivity contribution in [3.63, 3.8) is 0 Å². The van der Waals surface area contributed by atoms with Gasteiger partial charge in [-0.1, -0.05) is 31.4 Å². The summed E-state index contributed by atoms with van der Waals surface area (Å²) in [6.07, 6.45) is 6.30. The maximum absolute atomic E-state index is 11.9. The number of hydrogen-bond acceptors (Lipinski definition) is 2. The van der Waals surface area contributed by atoms with E-state index in [4.69, 9.17) is 4.98 Å². The fourth-order valence-electron chi connectivity index (χ4n) is 3.30. The van der Waals surface area contributed by atoms with Crippen LogP contribution in [-0.2, 0) is 4.79 Å². The maximum Gasteiger partial charge on any atom is 0.152 e. The van der Waals surface area contributed by atoms with Crippen molar-refractivity contribution in [2.24, 2.45) is 0 Å². The van der Waals surface area contributed by atoms with E-state index < -0.39 is 0 Å². The summed E-state index contributed by atoms with van der Waals surface area (Å²) in [7, 11) is 0. The van der Waals surface area contributed by atoms with E-state index in [1.807, 2.05) is 25.1 Å². The Morgan fingerprint density at radius 1 is 1.25 bits per heavy atom. The van der Waals surface area contributed by atoms with E-state index in [0.29, 0.717) is 5.92 Å². The molecular formula is C17H22N2O. The van der Waals surface area contributed by atoms with Gasteiger partial charge in [-0.2, -0.15) is 0 Å². The van der Waals surface area contributed by atoms with Crippen molar-refractivity contribution in [3.8, 4) is 0 Å². The Balaban J connectivity index is 2.14. The summed E-state index contributed by atoms with van der Waals surface area (Å²) in [5, 5.41) is 0. The summed E-state index contributed by atoms with van der Waals surface area (Å²) in [6.45, 7) is 3.66. The van der Waals surface area contributed by atoms with Gasteiger partial charge in [-0.15, -0.1) is 0 Å². The molecule has 3 rings (SSSR count). The van der Waals surface area contributed by atoms with E-state index in [0.717, 1.165) is 16.9 Å². The van der Waals surface area contributed by atoms with Crippen molar-refractivity contribution >= 4 is 16.8 Å². The number of fused-ring (bicyclic) bond motifs is 1. The van der Waals surface area contributed by atoms with Crippen LogP contribution in [0.15, 0.2) is 24.3 Å². The van der Waals surface area contributed by atoms with Gasteiger partial charge >= 0.3 is 0 Å². The molecule has 3 nitrogen and oxygen atoms in total. The molecule has 1 atom stereocenters. The number of ketones is 1. The van der Waals surface area contributed by atoms with Gasteiger partial charge in [0.15, 0.2) is 5.78 Å². The van der Waals surface area contributed by atoms with Crippen LogP contribution in [0, 0.1) is 0 Å². The highest BCUT2D eigenvalue weighted by atomic mass is 16.1. The molecule has 0 saturated heterocycles. The van der Waals surface area contributed by atoms with Crippen LogP contribution in [0.3, 0.4) is 0 Å². The minimum Gasteiger partial charge on any atom is -0.317 e. The molecule has 0 bridgehead atoms. The highest BCUT2D eigenvalue weighted by Crippen LogP contribution is 2.35. The van der Waals surface area contributed by atoms with E-state index in [1.54, 1.807) is 6.92 Å². The summed E-state index contributed by atoms with van der Waals surface area (Å²) in [4.78, 5) is 16.7. The van der Waals surface area contributed by atoms with Crippen molar-refractivity contribution in [2.45, 2.75) is 57.9 Å². The van der Waals surface area contributed by atoms with Crippen molar-refractivity contribution in [3.05, 3.63) is 30.1 Å². The van der Waals surface area contributed by atoms with Gasteiger partial charge in [-0.05, 0) is 38.8 Å². The first-order chi connectivity index (χ1) is 9.68. The minimum absolute atomic E-state index is 0.126. The Kier molecular flexibility index (Phi) is 3.60. The molecule has 0 radical (unpaired) electrons. The number of benzene rings is 1. The molecule has 106 valence electrons. The Morgan fingerprint density at radius 3 is 2.65 bits per heavy atom. The van der Waals surface area contributed by atoms with Crippen LogP contribution >= 0.6 is 0 Å². The van der Waals surface area contributed by atoms with E-state index in [-0.39, 0.29) is 11.8 Å². The van der Waals surface area contributed by atoms with E-state index >= 15 is 0 Å². The van der Waals surface area contributed by atoms with E-state index in [9.17, 15) is 4.79 Å². The number of nitrogens with zero attached hydrogens (tertiary/aromatic N) is 2. The predicted molar refractivity (Wildman–Crippen MR) is 81.0 cm³/mol. The SMILES string of the molecule is CC(=O)C(C)n1c(C2CCCCC2)nc2ccccc21. The van der Waals surface area contributed by atoms with E-state index in [1.165, 1.54) is 32.1 Å². The second kappa shape index (κ2) is 5.39. The molecule has 1 aliphatic carbocycles. The van der Waals surface area contributed by atoms with Crippen LogP contribution < -0.4 is 0 Å². The summed E-state index contributed by atoms with van der Waals surface area (Å²) < 4.78 is 2.17. The Bertz CT molecular complexity index is 623. The first-order valence-electron chi connectivity index (χ1n) is 7.66. The molecule has 1 saturated carbocycles. The molecule has 1 unspecified atom stereocenters. The van der Waals surface area contributed by atoms with Crippen LogP contribution in [0.5, 0.6) is 0 Å². The molecule has 0 N–H and O–H groups in total. The van der Waals surface area contributed by atoms with E-state index in [2.05, 4.69) is 10.6 Å².